The maximum Gasteiger partial charge on any atom is 0.189 e. The first kappa shape index (κ1) is 12.2. The summed E-state index contributed by atoms with van der Waals surface area (Å²) in [6.07, 6.45) is 0. The Kier molecular flexibility index (Phi) is 4.78. The molecule has 0 bridgehead atoms. The maximum absolute atomic E-state index is 11.7. The van der Waals surface area contributed by atoms with Crippen molar-refractivity contribution in [2.24, 2.45) is 0 Å². The lowest BCUT2D eigenvalue weighted by Crippen LogP contribution is -2.09. The van der Waals surface area contributed by atoms with E-state index in [1.54, 1.807) is 25.3 Å². The summed E-state index contributed by atoms with van der Waals surface area (Å²) < 4.78 is 10.9. The first-order valence-corrected chi connectivity index (χ1v) is 5.42. The van der Waals surface area contributed by atoms with Gasteiger partial charge in [0, 0.05) is 16.6 Å². The van der Waals surface area contributed by atoms with E-state index in [1.165, 1.54) is 0 Å². The Morgan fingerprint density at radius 3 is 2.80 bits per heavy atom. The van der Waals surface area contributed by atoms with Crippen LogP contribution in [0.2, 0.25) is 0 Å². The molecule has 1 rings (SSSR count). The summed E-state index contributed by atoms with van der Waals surface area (Å²) >= 11 is 3.32. The number of methoxy groups -OCH3 is 1. The van der Waals surface area contributed by atoms with Gasteiger partial charge in [0.25, 0.3) is 0 Å². The second-order valence-corrected chi connectivity index (χ2v) is 3.76. The van der Waals surface area contributed by atoms with E-state index in [4.69, 9.17) is 9.47 Å². The molecule has 82 valence electrons. The molecule has 0 spiro atoms. The minimum Gasteiger partial charge on any atom is -0.497 e. The Balaban J connectivity index is 2.86. The Morgan fingerprint density at radius 2 is 2.20 bits per heavy atom. The van der Waals surface area contributed by atoms with Gasteiger partial charge in [0.1, 0.15) is 12.4 Å². The molecule has 0 fully saturated rings. The van der Waals surface area contributed by atoms with E-state index in [2.05, 4.69) is 15.9 Å². The van der Waals surface area contributed by atoms with Gasteiger partial charge in [-0.2, -0.15) is 0 Å². The fourth-order valence-electron chi connectivity index (χ4n) is 1.12. The van der Waals surface area contributed by atoms with Crippen molar-refractivity contribution in [1.82, 2.24) is 0 Å². The normalized spacial score (nSPS) is 10.1. The summed E-state index contributed by atoms with van der Waals surface area (Å²) in [6.45, 7) is 2.49. The third-order valence-corrected chi connectivity index (χ3v) is 2.60. The number of hydrogen-bond donors (Lipinski definition) is 0. The maximum atomic E-state index is 11.7. The van der Waals surface area contributed by atoms with Crippen molar-refractivity contribution in [2.45, 2.75) is 6.92 Å². The average Bonchev–Trinajstić information content (AvgIpc) is 2.26. The first-order chi connectivity index (χ1) is 7.19. The topological polar surface area (TPSA) is 35.5 Å². The van der Waals surface area contributed by atoms with Crippen molar-refractivity contribution >= 4 is 21.7 Å². The average molecular weight is 273 g/mol. The molecule has 15 heavy (non-hydrogen) atoms. The highest BCUT2D eigenvalue weighted by Gasteiger charge is 2.11. The van der Waals surface area contributed by atoms with Gasteiger partial charge >= 0.3 is 0 Å². The summed E-state index contributed by atoms with van der Waals surface area (Å²) in [6, 6.07) is 5.28. The van der Waals surface area contributed by atoms with E-state index in [0.29, 0.717) is 17.9 Å². The Labute approximate surface area is 97.5 Å². The molecule has 3 nitrogen and oxygen atoms in total. The largest absolute Gasteiger partial charge is 0.497 e. The van der Waals surface area contributed by atoms with Gasteiger partial charge < -0.3 is 9.47 Å². The van der Waals surface area contributed by atoms with Crippen molar-refractivity contribution < 1.29 is 14.3 Å². The van der Waals surface area contributed by atoms with Crippen LogP contribution in [0.1, 0.15) is 17.3 Å². The molecule has 0 aliphatic heterocycles. The minimum atomic E-state index is -0.0531. The SMILES string of the molecule is CCOCC(=O)c1cc(OC)ccc1Br. The lowest BCUT2D eigenvalue weighted by molar-refractivity contribution is 0.0782. The highest BCUT2D eigenvalue weighted by atomic mass is 79.9. The number of Topliss-reactive ketones (excluding diaryl/α,β-unsaturated/α-hetero) is 1. The van der Waals surface area contributed by atoms with Gasteiger partial charge in [0.05, 0.1) is 7.11 Å². The molecule has 0 aliphatic carbocycles. The predicted octanol–water partition coefficient (Wildman–Crippen LogP) is 2.68. The van der Waals surface area contributed by atoms with Gasteiger partial charge in [-0.3, -0.25) is 4.79 Å². The molecule has 0 saturated carbocycles. The summed E-state index contributed by atoms with van der Waals surface area (Å²) in [7, 11) is 1.57. The fourth-order valence-corrected chi connectivity index (χ4v) is 1.59. The standard InChI is InChI=1S/C11H13BrO3/c1-3-15-7-11(13)9-6-8(14-2)4-5-10(9)12/h4-6H,3,7H2,1-2H3. The highest BCUT2D eigenvalue weighted by Crippen LogP contribution is 2.22. The van der Waals surface area contributed by atoms with Crippen LogP contribution in [0.5, 0.6) is 5.75 Å². The number of benzene rings is 1. The van der Waals surface area contributed by atoms with Crippen LogP contribution in [0.25, 0.3) is 0 Å². The summed E-state index contributed by atoms with van der Waals surface area (Å²) in [5, 5.41) is 0. The molecule has 0 saturated heterocycles. The summed E-state index contributed by atoms with van der Waals surface area (Å²) in [5.41, 5.74) is 0.586. The lowest BCUT2D eigenvalue weighted by Gasteiger charge is -2.06. The molecule has 0 aliphatic rings. The molecule has 0 N–H and O–H groups in total. The van der Waals surface area contributed by atoms with E-state index in [0.717, 1.165) is 4.47 Å². The van der Waals surface area contributed by atoms with Crippen molar-refractivity contribution in [1.29, 1.82) is 0 Å². The van der Waals surface area contributed by atoms with Crippen LogP contribution >= 0.6 is 15.9 Å². The minimum absolute atomic E-state index is 0.0531. The molecule has 0 unspecified atom stereocenters. The molecular formula is C11H13BrO3. The number of hydrogen-bond acceptors (Lipinski definition) is 3. The highest BCUT2D eigenvalue weighted by molar-refractivity contribution is 9.10. The zero-order valence-corrected chi connectivity index (χ0v) is 10.3. The van der Waals surface area contributed by atoms with Gasteiger partial charge in [-0.1, -0.05) is 15.9 Å². The molecule has 0 amide bonds. The molecule has 0 radical (unpaired) electrons. The van der Waals surface area contributed by atoms with E-state index in [9.17, 15) is 4.79 Å². The Bertz CT molecular complexity index is 350. The van der Waals surface area contributed by atoms with Gasteiger partial charge in [-0.25, -0.2) is 0 Å². The molecule has 0 atom stereocenters. The fraction of sp³-hybridized carbons (Fsp3) is 0.364. The van der Waals surface area contributed by atoms with Gasteiger partial charge in [-0.05, 0) is 25.1 Å². The van der Waals surface area contributed by atoms with Crippen molar-refractivity contribution in [3.05, 3.63) is 28.2 Å². The second kappa shape index (κ2) is 5.88. The predicted molar refractivity (Wildman–Crippen MR) is 61.5 cm³/mol. The smallest absolute Gasteiger partial charge is 0.189 e. The van der Waals surface area contributed by atoms with Crippen molar-refractivity contribution in [3.63, 3.8) is 0 Å². The number of carbonyl (C=O) groups excluding carboxylic acids is 1. The summed E-state index contributed by atoms with van der Waals surface area (Å²) in [4.78, 5) is 11.7. The zero-order chi connectivity index (χ0) is 11.3. The van der Waals surface area contributed by atoms with Crippen LogP contribution in [-0.4, -0.2) is 26.1 Å². The monoisotopic (exact) mass is 272 g/mol. The molecule has 4 heteroatoms. The van der Waals surface area contributed by atoms with Crippen molar-refractivity contribution in [2.75, 3.05) is 20.3 Å². The third kappa shape index (κ3) is 3.32. The van der Waals surface area contributed by atoms with E-state index >= 15 is 0 Å². The van der Waals surface area contributed by atoms with Crippen LogP contribution in [0.3, 0.4) is 0 Å². The van der Waals surface area contributed by atoms with Crippen molar-refractivity contribution in [3.8, 4) is 5.75 Å². The number of rotatable bonds is 5. The number of halogens is 1. The van der Waals surface area contributed by atoms with Crippen LogP contribution < -0.4 is 4.74 Å². The number of ether oxygens (including phenoxy) is 2. The Hall–Kier alpha value is -0.870. The van der Waals surface area contributed by atoms with Crippen LogP contribution in [0.4, 0.5) is 0 Å². The van der Waals surface area contributed by atoms with E-state index < -0.39 is 0 Å². The first-order valence-electron chi connectivity index (χ1n) is 4.63. The summed E-state index contributed by atoms with van der Waals surface area (Å²) in [5.74, 6) is 0.612. The van der Waals surface area contributed by atoms with E-state index in [-0.39, 0.29) is 12.4 Å². The molecule has 0 aromatic heterocycles. The quantitative estimate of drug-likeness (QED) is 0.774. The molecular weight excluding hydrogens is 260 g/mol. The second-order valence-electron chi connectivity index (χ2n) is 2.91. The molecule has 1 aromatic rings. The molecule has 0 heterocycles. The Morgan fingerprint density at radius 1 is 1.47 bits per heavy atom. The van der Waals surface area contributed by atoms with Crippen LogP contribution in [0, 0.1) is 0 Å². The number of carbonyl (C=O) groups is 1. The molecule has 1 aromatic carbocycles. The number of ketones is 1. The van der Waals surface area contributed by atoms with Gasteiger partial charge in [0.2, 0.25) is 0 Å². The van der Waals surface area contributed by atoms with Crippen LogP contribution in [0.15, 0.2) is 22.7 Å². The van der Waals surface area contributed by atoms with Gasteiger partial charge in [0.15, 0.2) is 5.78 Å². The zero-order valence-electron chi connectivity index (χ0n) is 8.75. The lowest BCUT2D eigenvalue weighted by atomic mass is 10.1. The van der Waals surface area contributed by atoms with E-state index in [1.807, 2.05) is 6.92 Å². The van der Waals surface area contributed by atoms with Gasteiger partial charge in [-0.15, -0.1) is 0 Å². The van der Waals surface area contributed by atoms with Crippen LogP contribution in [-0.2, 0) is 4.74 Å². The third-order valence-electron chi connectivity index (χ3n) is 1.91.